The summed E-state index contributed by atoms with van der Waals surface area (Å²) in [6.45, 7) is 3.60. The maximum atomic E-state index is 12.3. The van der Waals surface area contributed by atoms with Crippen LogP contribution in [0.3, 0.4) is 0 Å². The molecule has 0 unspecified atom stereocenters. The molecule has 5 nitrogen and oxygen atoms in total. The Morgan fingerprint density at radius 2 is 1.70 bits per heavy atom. The average molecular weight is 383 g/mol. The molecule has 0 saturated heterocycles. The Morgan fingerprint density at radius 1 is 1.00 bits per heavy atom. The van der Waals surface area contributed by atoms with Crippen LogP contribution in [0.5, 0.6) is 0 Å². The molecule has 3 aromatic rings. The second kappa shape index (κ2) is 8.10. The number of carbonyl (C=O) groups is 2. The summed E-state index contributed by atoms with van der Waals surface area (Å²) < 4.78 is 7.17. The van der Waals surface area contributed by atoms with E-state index in [2.05, 4.69) is 5.32 Å². The van der Waals surface area contributed by atoms with Crippen molar-refractivity contribution in [3.05, 3.63) is 82.6 Å². The van der Waals surface area contributed by atoms with E-state index in [9.17, 15) is 9.59 Å². The van der Waals surface area contributed by atoms with Gasteiger partial charge in [0.25, 0.3) is 5.91 Å². The molecule has 6 heteroatoms. The molecule has 2 aromatic carbocycles. The fraction of sp³-hybridized carbons (Fsp3) is 0.143. The topological polar surface area (TPSA) is 60.3 Å². The van der Waals surface area contributed by atoms with Crippen molar-refractivity contribution < 1.29 is 14.3 Å². The van der Waals surface area contributed by atoms with Crippen LogP contribution in [0.1, 0.15) is 21.7 Å². The van der Waals surface area contributed by atoms with Crippen molar-refractivity contribution in [3.8, 4) is 5.69 Å². The number of benzene rings is 2. The zero-order chi connectivity index (χ0) is 19.4. The van der Waals surface area contributed by atoms with Crippen LogP contribution in [-0.2, 0) is 9.53 Å². The fourth-order valence-electron chi connectivity index (χ4n) is 2.81. The zero-order valence-electron chi connectivity index (χ0n) is 15.0. The number of nitrogens with zero attached hydrogens (tertiary/aromatic N) is 1. The van der Waals surface area contributed by atoms with Gasteiger partial charge in [-0.25, -0.2) is 4.79 Å². The van der Waals surface area contributed by atoms with Crippen LogP contribution in [0.2, 0.25) is 5.02 Å². The highest BCUT2D eigenvalue weighted by Crippen LogP contribution is 2.20. The molecule has 0 radical (unpaired) electrons. The van der Waals surface area contributed by atoms with Crippen molar-refractivity contribution in [3.63, 3.8) is 0 Å². The maximum Gasteiger partial charge on any atom is 0.338 e. The number of esters is 1. The van der Waals surface area contributed by atoms with Gasteiger partial charge >= 0.3 is 5.97 Å². The van der Waals surface area contributed by atoms with Crippen molar-refractivity contribution in [2.24, 2.45) is 0 Å². The van der Waals surface area contributed by atoms with E-state index in [4.69, 9.17) is 16.3 Å². The predicted molar refractivity (Wildman–Crippen MR) is 106 cm³/mol. The van der Waals surface area contributed by atoms with E-state index in [1.165, 1.54) is 0 Å². The lowest BCUT2D eigenvalue weighted by Gasteiger charge is -2.11. The van der Waals surface area contributed by atoms with E-state index in [1.807, 2.05) is 36.6 Å². The molecule has 0 saturated carbocycles. The van der Waals surface area contributed by atoms with Gasteiger partial charge in [0.2, 0.25) is 0 Å². The first-order valence-corrected chi connectivity index (χ1v) is 8.80. The zero-order valence-corrected chi connectivity index (χ0v) is 15.8. The number of anilines is 1. The molecule has 3 rings (SSSR count). The summed E-state index contributed by atoms with van der Waals surface area (Å²) in [7, 11) is 0. The Hall–Kier alpha value is -3.05. The Bertz CT molecular complexity index is 975. The van der Waals surface area contributed by atoms with Gasteiger partial charge in [0.15, 0.2) is 6.61 Å². The minimum absolute atomic E-state index is 0.380. The number of aromatic nitrogens is 1. The lowest BCUT2D eigenvalue weighted by atomic mass is 10.2. The standard InChI is InChI=1S/C21H19ClN2O3/c1-14-10-11-15(2)24(14)17-7-5-6-16(12-17)21(26)27-13-20(25)23-19-9-4-3-8-18(19)22/h3-12H,13H2,1-2H3,(H,23,25). The molecule has 0 bridgehead atoms. The first-order chi connectivity index (χ1) is 13.0. The third-order valence-electron chi connectivity index (χ3n) is 4.09. The maximum absolute atomic E-state index is 12.3. The summed E-state index contributed by atoms with van der Waals surface area (Å²) in [4.78, 5) is 24.3. The summed E-state index contributed by atoms with van der Waals surface area (Å²) in [6.07, 6.45) is 0. The van der Waals surface area contributed by atoms with Gasteiger partial charge in [0.1, 0.15) is 0 Å². The van der Waals surface area contributed by atoms with Gasteiger partial charge in [-0.2, -0.15) is 0 Å². The summed E-state index contributed by atoms with van der Waals surface area (Å²) in [5, 5.41) is 3.03. The first-order valence-electron chi connectivity index (χ1n) is 8.42. The lowest BCUT2D eigenvalue weighted by molar-refractivity contribution is -0.119. The van der Waals surface area contributed by atoms with Gasteiger partial charge in [0.05, 0.1) is 16.3 Å². The number of carbonyl (C=O) groups excluding carboxylic acids is 2. The normalized spacial score (nSPS) is 10.5. The van der Waals surface area contributed by atoms with Gasteiger partial charge in [-0.1, -0.05) is 29.8 Å². The molecule has 1 N–H and O–H groups in total. The Balaban J connectivity index is 1.66. The van der Waals surface area contributed by atoms with Gasteiger partial charge in [-0.3, -0.25) is 4.79 Å². The number of hydrogen-bond donors (Lipinski definition) is 1. The molecule has 1 aromatic heterocycles. The molecule has 1 heterocycles. The van der Waals surface area contributed by atoms with Crippen LogP contribution in [0, 0.1) is 13.8 Å². The van der Waals surface area contributed by atoms with Crippen molar-refractivity contribution >= 4 is 29.2 Å². The number of aryl methyl sites for hydroxylation is 2. The quantitative estimate of drug-likeness (QED) is 0.659. The van der Waals surface area contributed by atoms with Crippen molar-refractivity contribution in [1.82, 2.24) is 4.57 Å². The smallest absolute Gasteiger partial charge is 0.338 e. The third kappa shape index (κ3) is 4.38. The molecule has 0 aliphatic carbocycles. The van der Waals surface area contributed by atoms with E-state index in [1.54, 1.807) is 42.5 Å². The summed E-state index contributed by atoms with van der Waals surface area (Å²) in [5.74, 6) is -1.02. The molecule has 138 valence electrons. The number of rotatable bonds is 5. The molecule has 0 aliphatic rings. The molecular weight excluding hydrogens is 364 g/mol. The monoisotopic (exact) mass is 382 g/mol. The summed E-state index contributed by atoms with van der Waals surface area (Å²) in [6, 6.07) is 18.0. The van der Waals surface area contributed by atoms with Crippen LogP contribution < -0.4 is 5.32 Å². The first kappa shape index (κ1) is 18.7. The number of hydrogen-bond acceptors (Lipinski definition) is 3. The molecule has 0 spiro atoms. The fourth-order valence-corrected chi connectivity index (χ4v) is 2.99. The van der Waals surface area contributed by atoms with E-state index in [0.717, 1.165) is 17.1 Å². The average Bonchev–Trinajstić information content (AvgIpc) is 3.00. The number of para-hydroxylation sites is 1. The highest BCUT2D eigenvalue weighted by atomic mass is 35.5. The number of halogens is 1. The SMILES string of the molecule is Cc1ccc(C)n1-c1cccc(C(=O)OCC(=O)Nc2ccccc2Cl)c1. The Labute approximate surface area is 162 Å². The van der Waals surface area contributed by atoms with E-state index in [0.29, 0.717) is 16.3 Å². The Morgan fingerprint density at radius 3 is 2.41 bits per heavy atom. The molecule has 0 aliphatic heterocycles. The predicted octanol–water partition coefficient (Wildman–Crippen LogP) is 4.54. The summed E-state index contributed by atoms with van der Waals surface area (Å²) in [5.41, 5.74) is 3.85. The largest absolute Gasteiger partial charge is 0.452 e. The van der Waals surface area contributed by atoms with E-state index in [-0.39, 0.29) is 0 Å². The van der Waals surface area contributed by atoms with Crippen molar-refractivity contribution in [2.75, 3.05) is 11.9 Å². The van der Waals surface area contributed by atoms with Gasteiger partial charge < -0.3 is 14.6 Å². The van der Waals surface area contributed by atoms with Crippen LogP contribution >= 0.6 is 11.6 Å². The second-order valence-corrected chi connectivity index (χ2v) is 6.51. The number of amides is 1. The van der Waals surface area contributed by atoms with Gasteiger partial charge in [-0.05, 0) is 56.3 Å². The second-order valence-electron chi connectivity index (χ2n) is 6.11. The van der Waals surface area contributed by atoms with Crippen LogP contribution in [-0.4, -0.2) is 23.1 Å². The molecule has 27 heavy (non-hydrogen) atoms. The minimum Gasteiger partial charge on any atom is -0.452 e. The highest BCUT2D eigenvalue weighted by molar-refractivity contribution is 6.33. The third-order valence-corrected chi connectivity index (χ3v) is 4.42. The van der Waals surface area contributed by atoms with Crippen LogP contribution in [0.4, 0.5) is 5.69 Å². The molecular formula is C21H19ClN2O3. The van der Waals surface area contributed by atoms with E-state index < -0.39 is 18.5 Å². The lowest BCUT2D eigenvalue weighted by Crippen LogP contribution is -2.21. The van der Waals surface area contributed by atoms with Gasteiger partial charge in [-0.15, -0.1) is 0 Å². The molecule has 0 atom stereocenters. The number of ether oxygens (including phenoxy) is 1. The van der Waals surface area contributed by atoms with Crippen molar-refractivity contribution in [2.45, 2.75) is 13.8 Å². The van der Waals surface area contributed by atoms with Crippen molar-refractivity contribution in [1.29, 1.82) is 0 Å². The van der Waals surface area contributed by atoms with Crippen LogP contribution in [0.15, 0.2) is 60.7 Å². The van der Waals surface area contributed by atoms with Gasteiger partial charge in [0, 0.05) is 17.1 Å². The van der Waals surface area contributed by atoms with E-state index >= 15 is 0 Å². The molecule has 1 amide bonds. The Kier molecular flexibility index (Phi) is 5.62. The van der Waals surface area contributed by atoms with Crippen LogP contribution in [0.25, 0.3) is 5.69 Å². The highest BCUT2D eigenvalue weighted by Gasteiger charge is 2.13. The summed E-state index contributed by atoms with van der Waals surface area (Å²) >= 11 is 5.99. The minimum atomic E-state index is -0.561. The number of nitrogens with one attached hydrogen (secondary N) is 1. The molecule has 0 fully saturated rings.